The van der Waals surface area contributed by atoms with Crippen LogP contribution < -0.4 is 0 Å². The maximum Gasteiger partial charge on any atom is 0.490 e. The quantitative estimate of drug-likeness (QED) is 0.492. The second-order valence-electron chi connectivity index (χ2n) is 5.72. The monoisotopic (exact) mass is 434 g/mol. The van der Waals surface area contributed by atoms with Gasteiger partial charge in [0.25, 0.3) is 0 Å². The number of hydrogen-bond acceptors (Lipinski definition) is 5. The summed E-state index contributed by atoms with van der Waals surface area (Å²) in [7, 11) is 0. The maximum absolute atomic E-state index is 10.6. The van der Waals surface area contributed by atoms with Crippen LogP contribution in [0, 0.1) is 11.3 Å². The molecule has 0 aliphatic rings. The summed E-state index contributed by atoms with van der Waals surface area (Å²) in [5, 5.41) is 21.9. The summed E-state index contributed by atoms with van der Waals surface area (Å²) in [5.74, 6) is -2.76. The lowest BCUT2D eigenvalue weighted by Gasteiger charge is -2.04. The second-order valence-corrected chi connectivity index (χ2v) is 6.12. The summed E-state index contributed by atoms with van der Waals surface area (Å²) >= 11 is 6.22. The fraction of sp³-hybridized carbons (Fsp3) is 0.0556. The number of nitrogens with one attached hydrogen (secondary N) is 1. The van der Waals surface area contributed by atoms with Crippen molar-refractivity contribution in [3.63, 3.8) is 0 Å². The summed E-state index contributed by atoms with van der Waals surface area (Å²) in [5.41, 5.74) is 3.57. The van der Waals surface area contributed by atoms with Crippen LogP contribution in [0.4, 0.5) is 13.2 Å². The van der Waals surface area contributed by atoms with Crippen molar-refractivity contribution in [2.45, 2.75) is 6.18 Å². The van der Waals surface area contributed by atoms with Crippen molar-refractivity contribution in [2.75, 3.05) is 0 Å². The van der Waals surface area contributed by atoms with E-state index in [0.29, 0.717) is 16.3 Å². The molecule has 8 nitrogen and oxygen atoms in total. The Morgan fingerprint density at radius 1 is 1.27 bits per heavy atom. The Morgan fingerprint density at radius 3 is 2.67 bits per heavy atom. The van der Waals surface area contributed by atoms with Crippen molar-refractivity contribution >= 4 is 28.6 Å². The molecule has 0 unspecified atom stereocenters. The van der Waals surface area contributed by atoms with E-state index in [1.165, 1.54) is 6.33 Å². The number of aliphatic carboxylic acids is 1. The van der Waals surface area contributed by atoms with Crippen LogP contribution in [0.25, 0.3) is 28.0 Å². The largest absolute Gasteiger partial charge is 0.490 e. The number of carboxylic acid groups (broad SMARTS) is 1. The zero-order chi connectivity index (χ0) is 21.9. The molecule has 0 saturated carbocycles. The average molecular weight is 435 g/mol. The second kappa shape index (κ2) is 8.22. The van der Waals surface area contributed by atoms with Crippen LogP contribution in [-0.4, -0.2) is 42.0 Å². The molecule has 0 fully saturated rings. The maximum atomic E-state index is 10.6. The van der Waals surface area contributed by atoms with Crippen molar-refractivity contribution in [1.82, 2.24) is 24.7 Å². The van der Waals surface area contributed by atoms with Gasteiger partial charge >= 0.3 is 12.1 Å². The van der Waals surface area contributed by atoms with Crippen molar-refractivity contribution < 1.29 is 23.1 Å². The Labute approximate surface area is 171 Å². The van der Waals surface area contributed by atoms with Crippen molar-refractivity contribution in [3.05, 3.63) is 59.8 Å². The first-order chi connectivity index (χ1) is 14.2. The molecule has 0 spiro atoms. The van der Waals surface area contributed by atoms with Crippen LogP contribution in [0.5, 0.6) is 0 Å². The minimum Gasteiger partial charge on any atom is -0.475 e. The van der Waals surface area contributed by atoms with E-state index in [1.54, 1.807) is 29.1 Å². The molecule has 152 valence electrons. The summed E-state index contributed by atoms with van der Waals surface area (Å²) in [6, 6.07) is 9.08. The van der Waals surface area contributed by atoms with Crippen LogP contribution >= 0.6 is 11.6 Å². The zero-order valence-corrected chi connectivity index (χ0v) is 15.5. The molecular formula is C18H10ClF3N6O2. The highest BCUT2D eigenvalue weighted by atomic mass is 35.5. The number of H-pyrrole nitrogens is 1. The number of rotatable bonds is 2. The summed E-state index contributed by atoms with van der Waals surface area (Å²) in [4.78, 5) is 20.5. The molecule has 4 rings (SSSR count). The van der Waals surface area contributed by atoms with Gasteiger partial charge in [0.1, 0.15) is 12.0 Å². The molecule has 0 saturated heterocycles. The Morgan fingerprint density at radius 2 is 2.00 bits per heavy atom. The lowest BCUT2D eigenvalue weighted by Crippen LogP contribution is -2.21. The van der Waals surface area contributed by atoms with Crippen molar-refractivity contribution in [1.29, 1.82) is 5.26 Å². The molecule has 2 N–H and O–H groups in total. The molecule has 3 heterocycles. The highest BCUT2D eigenvalue weighted by Crippen LogP contribution is 2.27. The van der Waals surface area contributed by atoms with E-state index in [4.69, 9.17) is 26.8 Å². The Bertz CT molecular complexity index is 1260. The minimum atomic E-state index is -5.08. The van der Waals surface area contributed by atoms with Crippen molar-refractivity contribution in [2.24, 2.45) is 0 Å². The molecule has 3 aromatic heterocycles. The predicted molar refractivity (Wildman–Crippen MR) is 99.9 cm³/mol. The van der Waals surface area contributed by atoms with Crippen LogP contribution in [0.1, 0.15) is 5.56 Å². The Kier molecular flexibility index (Phi) is 5.70. The number of aromatic amines is 1. The van der Waals surface area contributed by atoms with Gasteiger partial charge in [-0.1, -0.05) is 11.6 Å². The number of nitriles is 1. The first-order valence-corrected chi connectivity index (χ1v) is 8.41. The van der Waals surface area contributed by atoms with Crippen molar-refractivity contribution in [3.8, 4) is 23.0 Å². The highest BCUT2D eigenvalue weighted by molar-refractivity contribution is 6.32. The lowest BCUT2D eigenvalue weighted by atomic mass is 10.2. The minimum absolute atomic E-state index is 0.521. The van der Waals surface area contributed by atoms with Gasteiger partial charge in [-0.2, -0.15) is 23.5 Å². The number of aromatic nitrogens is 5. The molecule has 30 heavy (non-hydrogen) atoms. The van der Waals surface area contributed by atoms with Gasteiger partial charge in [0.15, 0.2) is 0 Å². The SMILES string of the molecule is N#Cc1ccc(Cl)c(-n2cc(-c3ncnc4[nH]ccc34)cn2)c1.O=C(O)C(F)(F)F. The third kappa shape index (κ3) is 4.39. The molecule has 0 atom stereocenters. The normalized spacial score (nSPS) is 10.9. The summed E-state index contributed by atoms with van der Waals surface area (Å²) in [6.45, 7) is 0. The molecule has 0 aliphatic heterocycles. The number of alkyl halides is 3. The third-order valence-electron chi connectivity index (χ3n) is 3.77. The van der Waals surface area contributed by atoms with Crippen LogP contribution in [-0.2, 0) is 4.79 Å². The van der Waals surface area contributed by atoms with Gasteiger partial charge in [0.05, 0.1) is 34.2 Å². The number of carboxylic acids is 1. The van der Waals surface area contributed by atoms with Gasteiger partial charge < -0.3 is 10.1 Å². The number of nitrogens with zero attached hydrogens (tertiary/aromatic N) is 5. The van der Waals surface area contributed by atoms with E-state index in [9.17, 15) is 13.2 Å². The Hall–Kier alpha value is -3.91. The van der Waals surface area contributed by atoms with Crippen LogP contribution in [0.2, 0.25) is 5.02 Å². The predicted octanol–water partition coefficient (Wildman–Crippen LogP) is 3.97. The number of fused-ring (bicyclic) bond motifs is 1. The van der Waals surface area contributed by atoms with E-state index < -0.39 is 12.1 Å². The number of benzene rings is 1. The number of carbonyl (C=O) groups is 1. The van der Waals surface area contributed by atoms with Gasteiger partial charge in [0.2, 0.25) is 0 Å². The fourth-order valence-corrected chi connectivity index (χ4v) is 2.64. The van der Waals surface area contributed by atoms with Crippen LogP contribution in [0.3, 0.4) is 0 Å². The molecule has 12 heteroatoms. The molecule has 0 amide bonds. The first kappa shape index (κ1) is 20.8. The third-order valence-corrected chi connectivity index (χ3v) is 4.09. The fourth-order valence-electron chi connectivity index (χ4n) is 2.44. The zero-order valence-electron chi connectivity index (χ0n) is 14.7. The molecule has 4 aromatic rings. The standard InChI is InChI=1S/C16H9ClN6.C2HF3O2/c17-13-2-1-10(6-18)5-14(13)23-8-11(7-22-23)15-12-3-4-19-16(12)21-9-20-15;3-2(4,5)1(6)7/h1-5,7-9H,(H,19,20,21);(H,6,7). The van der Waals surface area contributed by atoms with Gasteiger partial charge in [-0.05, 0) is 24.3 Å². The van der Waals surface area contributed by atoms with Crippen LogP contribution in [0.15, 0.2) is 49.2 Å². The van der Waals surface area contributed by atoms with Gasteiger partial charge in [-0.25, -0.2) is 19.4 Å². The molecule has 1 aromatic carbocycles. The van der Waals surface area contributed by atoms with Gasteiger partial charge in [-0.15, -0.1) is 0 Å². The molecular weight excluding hydrogens is 425 g/mol. The van der Waals surface area contributed by atoms with Gasteiger partial charge in [-0.3, -0.25) is 0 Å². The van der Waals surface area contributed by atoms with E-state index in [2.05, 4.69) is 26.1 Å². The molecule has 0 bridgehead atoms. The number of halogens is 4. The van der Waals surface area contributed by atoms with E-state index in [1.807, 2.05) is 18.5 Å². The lowest BCUT2D eigenvalue weighted by molar-refractivity contribution is -0.192. The average Bonchev–Trinajstić information content (AvgIpc) is 3.37. The summed E-state index contributed by atoms with van der Waals surface area (Å²) < 4.78 is 33.4. The van der Waals surface area contributed by atoms with E-state index >= 15 is 0 Å². The van der Waals surface area contributed by atoms with E-state index in [-0.39, 0.29) is 0 Å². The first-order valence-electron chi connectivity index (χ1n) is 8.04. The topological polar surface area (TPSA) is 120 Å². The smallest absolute Gasteiger partial charge is 0.475 e. The van der Waals surface area contributed by atoms with Gasteiger partial charge in [0, 0.05) is 23.3 Å². The van der Waals surface area contributed by atoms with E-state index in [0.717, 1.165) is 22.3 Å². The number of hydrogen-bond donors (Lipinski definition) is 2. The highest BCUT2D eigenvalue weighted by Gasteiger charge is 2.38. The summed E-state index contributed by atoms with van der Waals surface area (Å²) in [6.07, 6.45) is 1.79. The molecule has 0 aliphatic carbocycles. The Balaban J connectivity index is 0.000000318. The molecule has 0 radical (unpaired) electrons.